The van der Waals surface area contributed by atoms with Crippen LogP contribution >= 0.6 is 12.2 Å². The van der Waals surface area contributed by atoms with Gasteiger partial charge in [-0.1, -0.05) is 29.8 Å². The van der Waals surface area contributed by atoms with Gasteiger partial charge in [0.05, 0.1) is 17.8 Å². The van der Waals surface area contributed by atoms with Crippen LogP contribution in [0.3, 0.4) is 0 Å². The van der Waals surface area contributed by atoms with E-state index >= 15 is 0 Å². The number of aryl methyl sites for hydroxylation is 4. The predicted octanol–water partition coefficient (Wildman–Crippen LogP) is 6.59. The van der Waals surface area contributed by atoms with E-state index in [1.807, 2.05) is 18.3 Å². The number of anilines is 1. The van der Waals surface area contributed by atoms with Crippen molar-refractivity contribution >= 4 is 23.0 Å². The van der Waals surface area contributed by atoms with Gasteiger partial charge in [-0.15, -0.1) is 0 Å². The highest BCUT2D eigenvalue weighted by molar-refractivity contribution is 7.80. The largest absolute Gasteiger partial charge is 0.351 e. The molecule has 172 valence electrons. The monoisotopic (exact) mass is 466 g/mol. The van der Waals surface area contributed by atoms with E-state index in [2.05, 4.69) is 104 Å². The molecule has 1 N–H and O–H groups in total. The van der Waals surface area contributed by atoms with E-state index in [1.165, 1.54) is 39.3 Å². The summed E-state index contributed by atoms with van der Waals surface area (Å²) in [5, 5.41) is 4.32. The van der Waals surface area contributed by atoms with Crippen molar-refractivity contribution in [1.82, 2.24) is 14.9 Å². The minimum Gasteiger partial charge on any atom is -0.351 e. The highest BCUT2D eigenvalue weighted by atomic mass is 32.1. The highest BCUT2D eigenvalue weighted by Gasteiger charge is 2.42. The zero-order valence-corrected chi connectivity index (χ0v) is 21.1. The van der Waals surface area contributed by atoms with E-state index in [0.29, 0.717) is 0 Å². The van der Waals surface area contributed by atoms with Gasteiger partial charge in [-0.3, -0.25) is 4.98 Å². The average molecular weight is 467 g/mol. The van der Waals surface area contributed by atoms with Gasteiger partial charge in [0, 0.05) is 29.0 Å². The fourth-order valence-corrected chi connectivity index (χ4v) is 5.35. The zero-order valence-electron chi connectivity index (χ0n) is 20.3. The van der Waals surface area contributed by atoms with Crippen molar-refractivity contribution < 1.29 is 0 Å². The minimum atomic E-state index is -0.0534. The highest BCUT2D eigenvalue weighted by Crippen LogP contribution is 2.44. The van der Waals surface area contributed by atoms with Crippen LogP contribution in [0.15, 0.2) is 72.9 Å². The molecule has 0 spiro atoms. The maximum Gasteiger partial charge on any atom is 0.174 e. The standard InChI is InChI=1S/C29H30N4S/c1-18-9-12-23(13-10-18)32-21(4)17-25(22(32)5)28-27(26-8-6-7-15-30-26)31-29(34)33(28)24-14-11-19(2)20(3)16-24/h6-17,27-28H,1-5H3,(H,31,34)/t27-,28-/m0/s1. The van der Waals surface area contributed by atoms with Gasteiger partial charge in [0.15, 0.2) is 5.11 Å². The zero-order chi connectivity index (χ0) is 24.0. The lowest BCUT2D eigenvalue weighted by molar-refractivity contribution is 0.565. The second-order valence-electron chi connectivity index (χ2n) is 9.26. The van der Waals surface area contributed by atoms with Crippen LogP contribution in [0, 0.1) is 34.6 Å². The SMILES string of the molecule is Cc1ccc(-n2c(C)cc([C@H]3[C@H](c4ccccn4)NC(=S)N3c3ccc(C)c(C)c3)c2C)cc1. The average Bonchev–Trinajstić information content (AvgIpc) is 3.32. The van der Waals surface area contributed by atoms with E-state index < -0.39 is 0 Å². The molecule has 1 fully saturated rings. The van der Waals surface area contributed by atoms with E-state index in [1.54, 1.807) is 0 Å². The van der Waals surface area contributed by atoms with Crippen LogP contribution in [0.1, 0.15) is 51.4 Å². The normalized spacial score (nSPS) is 17.8. The molecule has 4 nitrogen and oxygen atoms in total. The molecule has 34 heavy (non-hydrogen) atoms. The maximum absolute atomic E-state index is 5.92. The van der Waals surface area contributed by atoms with Gasteiger partial charge in [0.2, 0.25) is 0 Å². The smallest absolute Gasteiger partial charge is 0.174 e. The summed E-state index contributed by atoms with van der Waals surface area (Å²) in [7, 11) is 0. The Hall–Kier alpha value is -3.44. The first kappa shape index (κ1) is 22.4. The maximum atomic E-state index is 5.92. The fourth-order valence-electron chi connectivity index (χ4n) is 5.00. The first-order chi connectivity index (χ1) is 16.3. The van der Waals surface area contributed by atoms with Crippen molar-refractivity contribution in [2.75, 3.05) is 4.90 Å². The minimum absolute atomic E-state index is 0.0186. The quantitative estimate of drug-likeness (QED) is 0.344. The number of thiocarbonyl (C=S) groups is 1. The van der Waals surface area contributed by atoms with Crippen LogP contribution in [0.25, 0.3) is 5.69 Å². The molecule has 0 bridgehead atoms. The lowest BCUT2D eigenvalue weighted by Crippen LogP contribution is -2.29. The number of aromatic nitrogens is 2. The van der Waals surface area contributed by atoms with Crippen molar-refractivity contribution in [2.24, 2.45) is 0 Å². The molecule has 0 unspecified atom stereocenters. The van der Waals surface area contributed by atoms with Crippen LogP contribution in [0.4, 0.5) is 5.69 Å². The summed E-state index contributed by atoms with van der Waals surface area (Å²) in [5.41, 5.74) is 10.7. The Labute approximate surface area is 207 Å². The van der Waals surface area contributed by atoms with Gasteiger partial charge in [0.25, 0.3) is 0 Å². The van der Waals surface area contributed by atoms with E-state index in [-0.39, 0.29) is 12.1 Å². The summed E-state index contributed by atoms with van der Waals surface area (Å²) in [6.07, 6.45) is 1.85. The molecule has 0 aliphatic carbocycles. The van der Waals surface area contributed by atoms with Crippen LogP contribution in [-0.2, 0) is 0 Å². The third-order valence-corrected chi connectivity index (χ3v) is 7.26. The van der Waals surface area contributed by atoms with Crippen molar-refractivity contribution in [1.29, 1.82) is 0 Å². The number of hydrogen-bond donors (Lipinski definition) is 1. The van der Waals surface area contributed by atoms with Crippen molar-refractivity contribution in [2.45, 2.75) is 46.7 Å². The molecule has 4 aromatic rings. The van der Waals surface area contributed by atoms with Crippen LogP contribution in [0.5, 0.6) is 0 Å². The molecular weight excluding hydrogens is 436 g/mol. The van der Waals surface area contributed by atoms with Gasteiger partial charge >= 0.3 is 0 Å². The Kier molecular flexibility index (Phi) is 5.74. The fraction of sp³-hybridized carbons (Fsp3) is 0.241. The molecule has 5 rings (SSSR count). The Bertz CT molecular complexity index is 1360. The molecule has 1 aliphatic heterocycles. The van der Waals surface area contributed by atoms with Gasteiger partial charge in [-0.25, -0.2) is 0 Å². The summed E-state index contributed by atoms with van der Waals surface area (Å²) in [4.78, 5) is 6.97. The molecule has 0 saturated carbocycles. The molecule has 5 heteroatoms. The Balaban J connectivity index is 1.68. The second kappa shape index (κ2) is 8.73. The second-order valence-corrected chi connectivity index (χ2v) is 9.65. The molecule has 3 heterocycles. The summed E-state index contributed by atoms with van der Waals surface area (Å²) in [5.74, 6) is 0. The molecule has 0 amide bonds. The Morgan fingerprint density at radius 2 is 1.56 bits per heavy atom. The van der Waals surface area contributed by atoms with Crippen LogP contribution < -0.4 is 10.2 Å². The molecule has 0 radical (unpaired) electrons. The van der Waals surface area contributed by atoms with Gasteiger partial charge in [-0.2, -0.15) is 0 Å². The Morgan fingerprint density at radius 3 is 2.24 bits per heavy atom. The number of nitrogens with one attached hydrogen (secondary N) is 1. The number of benzene rings is 2. The number of pyridine rings is 1. The van der Waals surface area contributed by atoms with E-state index in [0.717, 1.165) is 16.5 Å². The van der Waals surface area contributed by atoms with Crippen molar-refractivity contribution in [3.8, 4) is 5.69 Å². The third-order valence-electron chi connectivity index (χ3n) is 6.95. The summed E-state index contributed by atoms with van der Waals surface area (Å²) >= 11 is 5.92. The van der Waals surface area contributed by atoms with Gasteiger partial charge < -0.3 is 14.8 Å². The van der Waals surface area contributed by atoms with Gasteiger partial charge in [-0.05, 0) is 106 Å². The third kappa shape index (κ3) is 3.80. The van der Waals surface area contributed by atoms with Crippen molar-refractivity contribution in [3.63, 3.8) is 0 Å². The van der Waals surface area contributed by atoms with Gasteiger partial charge in [0.1, 0.15) is 0 Å². The summed E-state index contributed by atoms with van der Waals surface area (Å²) < 4.78 is 2.34. The lowest BCUT2D eigenvalue weighted by atomic mass is 9.96. The topological polar surface area (TPSA) is 33.1 Å². The number of nitrogens with zero attached hydrogens (tertiary/aromatic N) is 3. The molecule has 2 aromatic carbocycles. The lowest BCUT2D eigenvalue weighted by Gasteiger charge is -2.28. The summed E-state index contributed by atoms with van der Waals surface area (Å²) in [6.45, 7) is 10.8. The number of hydrogen-bond acceptors (Lipinski definition) is 2. The first-order valence-corrected chi connectivity index (χ1v) is 12.1. The van der Waals surface area contributed by atoms with Crippen LogP contribution in [-0.4, -0.2) is 14.7 Å². The first-order valence-electron chi connectivity index (χ1n) is 11.7. The van der Waals surface area contributed by atoms with Crippen molar-refractivity contribution in [3.05, 3.63) is 112 Å². The molecule has 1 aliphatic rings. The molecule has 2 aromatic heterocycles. The van der Waals surface area contributed by atoms with E-state index in [4.69, 9.17) is 17.2 Å². The molecule has 2 atom stereocenters. The predicted molar refractivity (Wildman–Crippen MR) is 144 cm³/mol. The van der Waals surface area contributed by atoms with Crippen LogP contribution in [0.2, 0.25) is 0 Å². The molecular formula is C29H30N4S. The Morgan fingerprint density at radius 1 is 0.824 bits per heavy atom. The summed E-state index contributed by atoms with van der Waals surface area (Å²) in [6, 6.07) is 23.6. The number of rotatable bonds is 4. The molecule has 1 saturated heterocycles. The van der Waals surface area contributed by atoms with E-state index in [9.17, 15) is 0 Å².